The minimum atomic E-state index is 0.689. The van der Waals surface area contributed by atoms with Gasteiger partial charge in [0, 0.05) is 24.5 Å². The molecule has 1 fully saturated rings. The summed E-state index contributed by atoms with van der Waals surface area (Å²) in [6.07, 6.45) is 3.70. The predicted molar refractivity (Wildman–Crippen MR) is 68.9 cm³/mol. The number of nitrogens with one attached hydrogen (secondary N) is 1. The second kappa shape index (κ2) is 5.75. The van der Waals surface area contributed by atoms with Crippen molar-refractivity contribution in [3.63, 3.8) is 0 Å². The summed E-state index contributed by atoms with van der Waals surface area (Å²) in [6.45, 7) is 5.47. The summed E-state index contributed by atoms with van der Waals surface area (Å²) >= 11 is 1.78. The van der Waals surface area contributed by atoms with Crippen LogP contribution in [-0.2, 0) is 13.0 Å². The zero-order valence-corrected chi connectivity index (χ0v) is 11.0. The second-order valence-corrected chi connectivity index (χ2v) is 5.52. The molecule has 0 aliphatic carbocycles. The molecule has 0 saturated carbocycles. The van der Waals surface area contributed by atoms with Crippen LogP contribution in [0.15, 0.2) is 5.38 Å². The van der Waals surface area contributed by atoms with E-state index in [0.717, 1.165) is 19.5 Å². The Balaban J connectivity index is 1.79. The molecule has 90 valence electrons. The van der Waals surface area contributed by atoms with Gasteiger partial charge in [-0.1, -0.05) is 6.92 Å². The average molecular weight is 239 g/mol. The number of hydrogen-bond acceptors (Lipinski definition) is 4. The molecular weight excluding hydrogens is 218 g/mol. The number of nitrogens with zero attached hydrogens (tertiary/aromatic N) is 2. The summed E-state index contributed by atoms with van der Waals surface area (Å²) < 4.78 is 0. The van der Waals surface area contributed by atoms with Crippen molar-refractivity contribution in [1.29, 1.82) is 0 Å². The highest BCUT2D eigenvalue weighted by molar-refractivity contribution is 7.09. The van der Waals surface area contributed by atoms with Crippen LogP contribution in [0.4, 0.5) is 0 Å². The van der Waals surface area contributed by atoms with E-state index in [1.807, 2.05) is 0 Å². The van der Waals surface area contributed by atoms with E-state index >= 15 is 0 Å². The Hall–Kier alpha value is -0.450. The van der Waals surface area contributed by atoms with E-state index in [-0.39, 0.29) is 0 Å². The monoisotopic (exact) mass is 239 g/mol. The Kier molecular flexibility index (Phi) is 4.32. The molecule has 0 spiro atoms. The van der Waals surface area contributed by atoms with Gasteiger partial charge in [0.15, 0.2) is 0 Å². The molecule has 1 aliphatic heterocycles. The van der Waals surface area contributed by atoms with E-state index in [1.54, 1.807) is 11.3 Å². The molecule has 1 saturated heterocycles. The average Bonchev–Trinajstić information content (AvgIpc) is 2.89. The third-order valence-electron chi connectivity index (χ3n) is 3.03. The van der Waals surface area contributed by atoms with Gasteiger partial charge in [-0.15, -0.1) is 11.3 Å². The lowest BCUT2D eigenvalue weighted by atomic mass is 10.2. The maximum atomic E-state index is 4.60. The summed E-state index contributed by atoms with van der Waals surface area (Å²) in [5.41, 5.74) is 1.22. The quantitative estimate of drug-likeness (QED) is 0.850. The third kappa shape index (κ3) is 3.27. The van der Waals surface area contributed by atoms with Gasteiger partial charge in [-0.2, -0.15) is 0 Å². The maximum Gasteiger partial charge on any atom is 0.0926 e. The highest BCUT2D eigenvalue weighted by Crippen LogP contribution is 2.13. The number of hydrogen-bond donors (Lipinski definition) is 1. The van der Waals surface area contributed by atoms with E-state index < -0.39 is 0 Å². The van der Waals surface area contributed by atoms with Crippen molar-refractivity contribution in [3.05, 3.63) is 16.1 Å². The van der Waals surface area contributed by atoms with Crippen LogP contribution in [-0.4, -0.2) is 36.1 Å². The summed E-state index contributed by atoms with van der Waals surface area (Å²) in [5, 5.41) is 6.97. The van der Waals surface area contributed by atoms with Gasteiger partial charge in [0.05, 0.1) is 10.7 Å². The fourth-order valence-electron chi connectivity index (χ4n) is 2.21. The third-order valence-corrected chi connectivity index (χ3v) is 4.07. The van der Waals surface area contributed by atoms with Crippen LogP contribution in [0.3, 0.4) is 0 Å². The Labute approximate surface area is 102 Å². The molecule has 1 aromatic heterocycles. The van der Waals surface area contributed by atoms with Gasteiger partial charge in [-0.05, 0) is 32.9 Å². The maximum absolute atomic E-state index is 4.60. The fraction of sp³-hybridized carbons (Fsp3) is 0.750. The summed E-state index contributed by atoms with van der Waals surface area (Å²) in [6, 6.07) is 0.689. The van der Waals surface area contributed by atoms with Crippen LogP contribution < -0.4 is 5.32 Å². The molecule has 1 atom stereocenters. The first kappa shape index (κ1) is 12.0. The number of likely N-dealkylation sites (N-methyl/N-ethyl adjacent to an activating group) is 1. The largest absolute Gasteiger partial charge is 0.313 e. The predicted octanol–water partition coefficient (Wildman–Crippen LogP) is 1.89. The molecule has 4 heteroatoms. The normalized spacial score (nSPS) is 20.8. The Morgan fingerprint density at radius 1 is 1.62 bits per heavy atom. The minimum absolute atomic E-state index is 0.689. The molecule has 0 bridgehead atoms. The van der Waals surface area contributed by atoms with Gasteiger partial charge in [-0.3, -0.25) is 4.90 Å². The lowest BCUT2D eigenvalue weighted by molar-refractivity contribution is 0.290. The van der Waals surface area contributed by atoms with E-state index in [4.69, 9.17) is 0 Å². The molecule has 0 aromatic carbocycles. The number of aryl methyl sites for hydroxylation is 1. The molecule has 1 unspecified atom stereocenters. The molecule has 0 radical (unpaired) electrons. The highest BCUT2D eigenvalue weighted by Gasteiger charge is 2.16. The Morgan fingerprint density at radius 3 is 3.12 bits per heavy atom. The number of thiazole rings is 1. The van der Waals surface area contributed by atoms with Crippen LogP contribution in [0.2, 0.25) is 0 Å². The van der Waals surface area contributed by atoms with Crippen molar-refractivity contribution in [3.8, 4) is 0 Å². The van der Waals surface area contributed by atoms with Gasteiger partial charge in [0.2, 0.25) is 0 Å². The standard InChI is InChI=1S/C12H21N3S/c1-3-12-14-11(9-16-12)8-15(2)7-10-5-4-6-13-10/h9-10,13H,3-8H2,1-2H3. The molecule has 3 nitrogen and oxygen atoms in total. The topological polar surface area (TPSA) is 28.2 Å². The summed E-state index contributed by atoms with van der Waals surface area (Å²) in [5.74, 6) is 0. The first-order valence-electron chi connectivity index (χ1n) is 6.13. The second-order valence-electron chi connectivity index (χ2n) is 4.58. The van der Waals surface area contributed by atoms with Crippen molar-refractivity contribution in [1.82, 2.24) is 15.2 Å². The molecule has 0 amide bonds. The van der Waals surface area contributed by atoms with Crippen molar-refractivity contribution < 1.29 is 0 Å². The van der Waals surface area contributed by atoms with Crippen molar-refractivity contribution in [2.75, 3.05) is 20.1 Å². The lowest BCUT2D eigenvalue weighted by Gasteiger charge is -2.19. The zero-order chi connectivity index (χ0) is 11.4. The van der Waals surface area contributed by atoms with Crippen molar-refractivity contribution in [2.24, 2.45) is 0 Å². The van der Waals surface area contributed by atoms with Crippen molar-refractivity contribution in [2.45, 2.75) is 38.8 Å². The number of aromatic nitrogens is 1. The van der Waals surface area contributed by atoms with Gasteiger partial charge in [0.25, 0.3) is 0 Å². The molecule has 1 N–H and O–H groups in total. The van der Waals surface area contributed by atoms with E-state index in [0.29, 0.717) is 6.04 Å². The smallest absolute Gasteiger partial charge is 0.0926 e. The van der Waals surface area contributed by atoms with E-state index in [9.17, 15) is 0 Å². The van der Waals surface area contributed by atoms with Gasteiger partial charge in [0.1, 0.15) is 0 Å². The van der Waals surface area contributed by atoms with Gasteiger partial charge >= 0.3 is 0 Å². The first-order valence-corrected chi connectivity index (χ1v) is 7.01. The Bertz CT molecular complexity index is 318. The van der Waals surface area contributed by atoms with Crippen LogP contribution in [0.25, 0.3) is 0 Å². The molecule has 16 heavy (non-hydrogen) atoms. The van der Waals surface area contributed by atoms with E-state index in [2.05, 4.69) is 34.6 Å². The molecule has 2 rings (SSSR count). The first-order chi connectivity index (χ1) is 7.78. The Morgan fingerprint density at radius 2 is 2.50 bits per heavy atom. The summed E-state index contributed by atoms with van der Waals surface area (Å²) in [7, 11) is 2.19. The van der Waals surface area contributed by atoms with E-state index in [1.165, 1.54) is 30.1 Å². The van der Waals surface area contributed by atoms with Crippen LogP contribution in [0.5, 0.6) is 0 Å². The number of rotatable bonds is 5. The van der Waals surface area contributed by atoms with Crippen molar-refractivity contribution >= 4 is 11.3 Å². The van der Waals surface area contributed by atoms with Gasteiger partial charge in [-0.25, -0.2) is 4.98 Å². The molecule has 1 aromatic rings. The molecule has 1 aliphatic rings. The SMILES string of the molecule is CCc1nc(CN(C)CC2CCCN2)cs1. The molecule has 2 heterocycles. The summed E-state index contributed by atoms with van der Waals surface area (Å²) in [4.78, 5) is 6.97. The van der Waals surface area contributed by atoms with Gasteiger partial charge < -0.3 is 5.32 Å². The fourth-order valence-corrected chi connectivity index (χ4v) is 2.95. The van der Waals surface area contributed by atoms with Crippen LogP contribution >= 0.6 is 11.3 Å². The zero-order valence-electron chi connectivity index (χ0n) is 10.2. The lowest BCUT2D eigenvalue weighted by Crippen LogP contribution is -2.35. The highest BCUT2D eigenvalue weighted by atomic mass is 32.1. The minimum Gasteiger partial charge on any atom is -0.313 e. The van der Waals surface area contributed by atoms with Crippen LogP contribution in [0, 0.1) is 0 Å². The van der Waals surface area contributed by atoms with Crippen LogP contribution in [0.1, 0.15) is 30.5 Å². The molecular formula is C12H21N3S.